The van der Waals surface area contributed by atoms with Gasteiger partial charge in [0.1, 0.15) is 0 Å². The normalized spacial score (nSPS) is 30.6. The molecule has 0 aliphatic carbocycles. The Balaban J connectivity index is 1.50. The second-order valence-electron chi connectivity index (χ2n) is 10.2. The molecule has 0 aromatic rings. The Kier molecular flexibility index (Phi) is 7.92. The smallest absolute Gasteiger partial charge is 0.373 e. The van der Waals surface area contributed by atoms with Gasteiger partial charge in [0, 0.05) is 31.2 Å². The lowest BCUT2D eigenvalue weighted by molar-refractivity contribution is -0.149. The highest BCUT2D eigenvalue weighted by Gasteiger charge is 2.40. The number of ether oxygens (including phenoxy) is 1. The molecule has 3 aliphatic rings. The van der Waals surface area contributed by atoms with Crippen LogP contribution in [0.4, 0.5) is 13.2 Å². The molecule has 0 bridgehead atoms. The molecule has 3 atom stereocenters. The first-order chi connectivity index (χ1) is 14.4. The third-order valence-corrected chi connectivity index (χ3v) is 7.00. The summed E-state index contributed by atoms with van der Waals surface area (Å²) in [6.45, 7) is 11.6. The molecule has 6 nitrogen and oxygen atoms in total. The number of hydrogen-bond donors (Lipinski definition) is 1. The van der Waals surface area contributed by atoms with Gasteiger partial charge in [0.15, 0.2) is 0 Å². The van der Waals surface area contributed by atoms with Crippen LogP contribution >= 0.6 is 0 Å². The first-order valence-electron chi connectivity index (χ1n) is 11.7. The summed E-state index contributed by atoms with van der Waals surface area (Å²) in [7, 11) is 0. The van der Waals surface area contributed by atoms with Gasteiger partial charge in [-0.15, -0.1) is 0 Å². The van der Waals surface area contributed by atoms with E-state index in [9.17, 15) is 18.0 Å². The Labute approximate surface area is 184 Å². The highest BCUT2D eigenvalue weighted by atomic mass is 19.4. The highest BCUT2D eigenvalue weighted by molar-refractivity contribution is 5.82. The van der Waals surface area contributed by atoms with Crippen molar-refractivity contribution in [1.29, 1.82) is 0 Å². The van der Waals surface area contributed by atoms with Crippen molar-refractivity contribution in [2.45, 2.75) is 89.4 Å². The van der Waals surface area contributed by atoms with E-state index < -0.39 is 12.7 Å². The minimum atomic E-state index is -4.15. The number of piperidine rings is 1. The lowest BCUT2D eigenvalue weighted by Gasteiger charge is -2.45. The van der Waals surface area contributed by atoms with Crippen molar-refractivity contribution >= 4 is 5.91 Å². The van der Waals surface area contributed by atoms with Gasteiger partial charge in [0.25, 0.3) is 0 Å². The van der Waals surface area contributed by atoms with E-state index in [-0.39, 0.29) is 35.7 Å². The van der Waals surface area contributed by atoms with E-state index in [1.54, 1.807) is 0 Å². The number of amides is 1. The quantitative estimate of drug-likeness (QED) is 0.677. The maximum atomic E-state index is 13.1. The summed E-state index contributed by atoms with van der Waals surface area (Å²) in [6.07, 6.45) is -0.640. The van der Waals surface area contributed by atoms with Gasteiger partial charge in [-0.1, -0.05) is 0 Å². The predicted octanol–water partition coefficient (Wildman–Crippen LogP) is 2.48. The van der Waals surface area contributed by atoms with Gasteiger partial charge >= 0.3 is 6.18 Å². The molecule has 3 fully saturated rings. The molecule has 0 unspecified atom stereocenters. The van der Waals surface area contributed by atoms with Gasteiger partial charge in [-0.25, -0.2) is 0 Å². The number of rotatable bonds is 6. The molecule has 3 saturated heterocycles. The number of alkyl halides is 3. The van der Waals surface area contributed by atoms with Crippen molar-refractivity contribution in [3.63, 3.8) is 0 Å². The third-order valence-electron chi connectivity index (χ3n) is 7.00. The first kappa shape index (κ1) is 24.7. The summed E-state index contributed by atoms with van der Waals surface area (Å²) in [5.41, 5.74) is -0.172. The fourth-order valence-corrected chi connectivity index (χ4v) is 5.38. The summed E-state index contributed by atoms with van der Waals surface area (Å²) in [5.74, 6) is 0.0534. The van der Waals surface area contributed by atoms with Crippen LogP contribution in [0.15, 0.2) is 0 Å². The summed E-state index contributed by atoms with van der Waals surface area (Å²) in [6, 6.07) is 0.0224. The SMILES string of the molecule is C[C@@H]1CN(C(C)(C)CNC(=O)[C@H]2CCCN2C2CCN(CC(F)(F)F)CC2)C[C@H](C)O1. The molecule has 0 aromatic carbocycles. The molecular weight excluding hydrogens is 409 g/mol. The molecule has 0 spiro atoms. The van der Waals surface area contributed by atoms with Crippen LogP contribution in [0.1, 0.15) is 53.4 Å². The van der Waals surface area contributed by atoms with Crippen molar-refractivity contribution in [2.75, 3.05) is 45.8 Å². The van der Waals surface area contributed by atoms with Crippen molar-refractivity contribution in [3.8, 4) is 0 Å². The second kappa shape index (κ2) is 9.93. The van der Waals surface area contributed by atoms with E-state index in [2.05, 4.69) is 42.8 Å². The maximum Gasteiger partial charge on any atom is 0.401 e. The van der Waals surface area contributed by atoms with Gasteiger partial charge in [-0.2, -0.15) is 13.2 Å². The van der Waals surface area contributed by atoms with Crippen LogP contribution in [0.3, 0.4) is 0 Å². The van der Waals surface area contributed by atoms with Crippen LogP contribution < -0.4 is 5.32 Å². The van der Waals surface area contributed by atoms with E-state index in [1.807, 2.05) is 0 Å². The number of morpholine rings is 1. The van der Waals surface area contributed by atoms with E-state index in [1.165, 1.54) is 4.90 Å². The molecule has 0 saturated carbocycles. The number of carbonyl (C=O) groups is 1. The van der Waals surface area contributed by atoms with E-state index in [0.717, 1.165) is 32.5 Å². The number of halogens is 3. The number of carbonyl (C=O) groups excluding carboxylic acids is 1. The van der Waals surface area contributed by atoms with E-state index >= 15 is 0 Å². The van der Waals surface area contributed by atoms with Crippen LogP contribution in [0, 0.1) is 0 Å². The Hall–Kier alpha value is -0.900. The highest BCUT2D eigenvalue weighted by Crippen LogP contribution is 2.28. The van der Waals surface area contributed by atoms with Gasteiger partial charge in [-0.3, -0.25) is 19.5 Å². The Morgan fingerprint density at radius 3 is 2.23 bits per heavy atom. The van der Waals surface area contributed by atoms with E-state index in [0.29, 0.717) is 32.5 Å². The lowest BCUT2D eigenvalue weighted by Crippen LogP contribution is -2.60. The number of likely N-dealkylation sites (tertiary alicyclic amines) is 2. The number of nitrogens with zero attached hydrogens (tertiary/aromatic N) is 3. The maximum absolute atomic E-state index is 13.1. The van der Waals surface area contributed by atoms with Gasteiger partial charge in [0.2, 0.25) is 5.91 Å². The molecule has 31 heavy (non-hydrogen) atoms. The fourth-order valence-electron chi connectivity index (χ4n) is 5.38. The zero-order valence-corrected chi connectivity index (χ0v) is 19.4. The standard InChI is InChI=1S/C22H39F3N4O2/c1-16-12-28(13-17(2)31-16)21(3,4)14-26-20(30)19-6-5-9-29(19)18-7-10-27(11-8-18)15-22(23,24)25/h16-19H,5-15H2,1-4H3,(H,26,30)/t16-,17+,19-/m1/s1. The topological polar surface area (TPSA) is 48.1 Å². The Morgan fingerprint density at radius 1 is 1.03 bits per heavy atom. The monoisotopic (exact) mass is 448 g/mol. The molecule has 180 valence electrons. The summed E-state index contributed by atoms with van der Waals surface area (Å²) >= 11 is 0. The average Bonchev–Trinajstić information content (AvgIpc) is 3.14. The summed E-state index contributed by atoms with van der Waals surface area (Å²) in [5, 5.41) is 3.18. The van der Waals surface area contributed by atoms with Crippen molar-refractivity contribution in [3.05, 3.63) is 0 Å². The molecule has 0 radical (unpaired) electrons. The minimum Gasteiger partial charge on any atom is -0.373 e. The largest absolute Gasteiger partial charge is 0.401 e. The number of nitrogens with one attached hydrogen (secondary N) is 1. The minimum absolute atomic E-state index is 0.0534. The molecular formula is C22H39F3N4O2. The molecule has 9 heteroatoms. The summed E-state index contributed by atoms with van der Waals surface area (Å²) < 4.78 is 43.8. The summed E-state index contributed by atoms with van der Waals surface area (Å²) in [4.78, 5) is 19.2. The van der Waals surface area contributed by atoms with Crippen LogP contribution in [0.25, 0.3) is 0 Å². The molecule has 3 aliphatic heterocycles. The second-order valence-corrected chi connectivity index (χ2v) is 10.2. The Bertz CT molecular complexity index is 598. The molecule has 0 aromatic heterocycles. The van der Waals surface area contributed by atoms with Crippen molar-refractivity contribution < 1.29 is 22.7 Å². The van der Waals surface area contributed by atoms with Crippen LogP contribution in [0.2, 0.25) is 0 Å². The van der Waals surface area contributed by atoms with Crippen molar-refractivity contribution in [1.82, 2.24) is 20.0 Å². The van der Waals surface area contributed by atoms with Crippen LogP contribution in [0.5, 0.6) is 0 Å². The van der Waals surface area contributed by atoms with Crippen LogP contribution in [-0.2, 0) is 9.53 Å². The third kappa shape index (κ3) is 6.79. The fraction of sp³-hybridized carbons (Fsp3) is 0.955. The molecule has 3 heterocycles. The lowest BCUT2D eigenvalue weighted by atomic mass is 9.99. The molecule has 1 N–H and O–H groups in total. The Morgan fingerprint density at radius 2 is 1.65 bits per heavy atom. The van der Waals surface area contributed by atoms with Crippen molar-refractivity contribution in [2.24, 2.45) is 0 Å². The van der Waals surface area contributed by atoms with Crippen LogP contribution in [-0.4, -0.2) is 102 Å². The van der Waals surface area contributed by atoms with E-state index in [4.69, 9.17) is 4.74 Å². The first-order valence-corrected chi connectivity index (χ1v) is 11.7. The van der Waals surface area contributed by atoms with Gasteiger partial charge in [-0.05, 0) is 73.0 Å². The number of hydrogen-bond acceptors (Lipinski definition) is 5. The average molecular weight is 449 g/mol. The zero-order chi connectivity index (χ0) is 22.8. The zero-order valence-electron chi connectivity index (χ0n) is 19.4. The predicted molar refractivity (Wildman–Crippen MR) is 114 cm³/mol. The molecule has 3 rings (SSSR count). The van der Waals surface area contributed by atoms with Gasteiger partial charge < -0.3 is 10.1 Å². The molecule has 1 amide bonds. The van der Waals surface area contributed by atoms with Gasteiger partial charge in [0.05, 0.1) is 24.8 Å².